The molecule has 0 aliphatic carbocycles. The summed E-state index contributed by atoms with van der Waals surface area (Å²) in [5.74, 6) is 0. The molecule has 0 amide bonds. The number of hydrogen-bond donors (Lipinski definition) is 1. The molecular formula is C7H4ClN3O. The van der Waals surface area contributed by atoms with Crippen molar-refractivity contribution in [3.05, 3.63) is 23.5 Å². The summed E-state index contributed by atoms with van der Waals surface area (Å²) < 4.78 is 0. The molecule has 0 bridgehead atoms. The zero-order chi connectivity index (χ0) is 9.14. The van der Waals surface area contributed by atoms with Gasteiger partial charge in [-0.3, -0.25) is 4.79 Å². The number of anilines is 1. The number of carbonyl (C=O) groups is 1. The van der Waals surface area contributed by atoms with E-state index in [0.29, 0.717) is 0 Å². The van der Waals surface area contributed by atoms with E-state index in [1.807, 2.05) is 0 Å². The third kappa shape index (κ3) is 1.52. The van der Waals surface area contributed by atoms with Crippen LogP contribution in [0.3, 0.4) is 0 Å². The molecule has 60 valence electrons. The average molecular weight is 182 g/mol. The first-order valence-electron chi connectivity index (χ1n) is 3.00. The van der Waals surface area contributed by atoms with Crippen LogP contribution in [-0.4, -0.2) is 10.2 Å². The van der Waals surface area contributed by atoms with E-state index in [2.05, 4.69) is 4.98 Å². The second-order valence-electron chi connectivity index (χ2n) is 2.04. The number of nitriles is 1. The topological polar surface area (TPSA) is 79.8 Å². The molecule has 0 radical (unpaired) electrons. The van der Waals surface area contributed by atoms with E-state index < -0.39 is 5.24 Å². The van der Waals surface area contributed by atoms with Crippen molar-refractivity contribution in [1.82, 2.24) is 4.98 Å². The summed E-state index contributed by atoms with van der Waals surface area (Å²) in [5.41, 5.74) is 5.78. The number of nitrogens with zero attached hydrogens (tertiary/aromatic N) is 2. The molecule has 1 rings (SSSR count). The van der Waals surface area contributed by atoms with Crippen molar-refractivity contribution in [2.45, 2.75) is 0 Å². The van der Waals surface area contributed by atoms with Crippen LogP contribution in [0, 0.1) is 11.3 Å². The highest BCUT2D eigenvalue weighted by Crippen LogP contribution is 2.13. The lowest BCUT2D eigenvalue weighted by atomic mass is 10.2. The molecular weight excluding hydrogens is 178 g/mol. The fraction of sp³-hybridized carbons (Fsp3) is 0. The fourth-order valence-corrected chi connectivity index (χ4v) is 0.861. The van der Waals surface area contributed by atoms with Crippen LogP contribution in [0.2, 0.25) is 0 Å². The molecule has 0 saturated heterocycles. The smallest absolute Gasteiger partial charge is 0.254 e. The molecule has 0 fully saturated rings. The van der Waals surface area contributed by atoms with Crippen molar-refractivity contribution in [2.24, 2.45) is 0 Å². The Hall–Kier alpha value is -1.60. The van der Waals surface area contributed by atoms with Crippen LogP contribution in [0.5, 0.6) is 0 Å². The Morgan fingerprint density at radius 2 is 2.42 bits per heavy atom. The van der Waals surface area contributed by atoms with Crippen molar-refractivity contribution in [1.29, 1.82) is 5.26 Å². The van der Waals surface area contributed by atoms with Crippen molar-refractivity contribution in [2.75, 3.05) is 5.73 Å². The number of halogens is 1. The second kappa shape index (κ2) is 3.20. The summed E-state index contributed by atoms with van der Waals surface area (Å²) in [6.07, 6.45) is 1.23. The van der Waals surface area contributed by atoms with Crippen LogP contribution in [0.1, 0.15) is 16.1 Å². The lowest BCUT2D eigenvalue weighted by Gasteiger charge is -1.98. The zero-order valence-corrected chi connectivity index (χ0v) is 6.67. The van der Waals surface area contributed by atoms with Gasteiger partial charge in [0.1, 0.15) is 11.8 Å². The van der Waals surface area contributed by atoms with Gasteiger partial charge in [-0.1, -0.05) is 0 Å². The molecule has 0 unspecified atom stereocenters. The summed E-state index contributed by atoms with van der Waals surface area (Å²) in [5, 5.41) is 7.74. The Kier molecular flexibility index (Phi) is 2.26. The Labute approximate surface area is 73.6 Å². The summed E-state index contributed by atoms with van der Waals surface area (Å²) in [6.45, 7) is 0. The molecule has 0 aliphatic rings. The number of nitrogen functional groups attached to an aromatic ring is 1. The zero-order valence-electron chi connectivity index (χ0n) is 5.91. The highest BCUT2D eigenvalue weighted by molar-refractivity contribution is 6.68. The van der Waals surface area contributed by atoms with E-state index in [9.17, 15) is 4.79 Å². The minimum Gasteiger partial charge on any atom is -0.397 e. The van der Waals surface area contributed by atoms with E-state index in [-0.39, 0.29) is 16.9 Å². The average Bonchev–Trinajstić information content (AvgIpc) is 2.05. The van der Waals surface area contributed by atoms with Crippen LogP contribution in [0.25, 0.3) is 0 Å². The number of carbonyl (C=O) groups excluding carboxylic acids is 1. The van der Waals surface area contributed by atoms with Gasteiger partial charge in [0.2, 0.25) is 0 Å². The first-order valence-corrected chi connectivity index (χ1v) is 3.38. The summed E-state index contributed by atoms with van der Waals surface area (Å²) in [7, 11) is 0. The molecule has 5 heteroatoms. The van der Waals surface area contributed by atoms with Gasteiger partial charge in [0.05, 0.1) is 17.4 Å². The third-order valence-corrected chi connectivity index (χ3v) is 1.46. The molecule has 2 N–H and O–H groups in total. The van der Waals surface area contributed by atoms with Crippen molar-refractivity contribution >= 4 is 22.5 Å². The lowest BCUT2D eigenvalue weighted by molar-refractivity contribution is 0.108. The summed E-state index contributed by atoms with van der Waals surface area (Å²) >= 11 is 5.18. The van der Waals surface area contributed by atoms with Gasteiger partial charge >= 0.3 is 0 Å². The van der Waals surface area contributed by atoms with Crippen LogP contribution in [0.4, 0.5) is 5.69 Å². The maximum absolute atomic E-state index is 10.7. The van der Waals surface area contributed by atoms with Gasteiger partial charge in [-0.05, 0) is 17.7 Å². The number of pyridine rings is 1. The molecule has 0 saturated carbocycles. The molecule has 0 aromatic carbocycles. The van der Waals surface area contributed by atoms with Gasteiger partial charge in [-0.2, -0.15) is 5.26 Å². The molecule has 1 heterocycles. The number of rotatable bonds is 1. The predicted octanol–water partition coefficient (Wildman–Crippen LogP) is 0.914. The van der Waals surface area contributed by atoms with E-state index in [1.165, 1.54) is 12.3 Å². The lowest BCUT2D eigenvalue weighted by Crippen LogP contribution is -1.99. The fourth-order valence-electron chi connectivity index (χ4n) is 0.697. The van der Waals surface area contributed by atoms with Gasteiger partial charge < -0.3 is 5.73 Å². The maximum atomic E-state index is 10.7. The largest absolute Gasteiger partial charge is 0.397 e. The predicted molar refractivity (Wildman–Crippen MR) is 43.5 cm³/mol. The Bertz CT molecular complexity index is 369. The highest BCUT2D eigenvalue weighted by atomic mass is 35.5. The second-order valence-corrected chi connectivity index (χ2v) is 2.39. The van der Waals surface area contributed by atoms with Crippen LogP contribution < -0.4 is 5.73 Å². The Balaban J connectivity index is 3.28. The third-order valence-electron chi connectivity index (χ3n) is 1.26. The normalized spacial score (nSPS) is 9.00. The molecule has 0 aliphatic heterocycles. The van der Waals surface area contributed by atoms with E-state index in [1.54, 1.807) is 6.07 Å². The molecule has 0 atom stereocenters. The van der Waals surface area contributed by atoms with E-state index in [0.717, 1.165) is 0 Å². The van der Waals surface area contributed by atoms with Gasteiger partial charge in [-0.15, -0.1) is 0 Å². The standard InChI is InChI=1S/C7H4ClN3O/c8-7(12)5-1-4(2-9)11-3-6(5)10/h1,3H,10H2. The SMILES string of the molecule is N#Cc1cc(C(=O)Cl)c(N)cn1. The minimum atomic E-state index is -0.689. The van der Waals surface area contributed by atoms with Gasteiger partial charge in [-0.25, -0.2) is 4.98 Å². The van der Waals surface area contributed by atoms with Crippen LogP contribution in [0.15, 0.2) is 12.3 Å². The maximum Gasteiger partial charge on any atom is 0.254 e. The molecule has 1 aromatic heterocycles. The molecule has 12 heavy (non-hydrogen) atoms. The minimum absolute atomic E-state index is 0.114. The molecule has 1 aromatic rings. The monoisotopic (exact) mass is 181 g/mol. The van der Waals surface area contributed by atoms with Crippen molar-refractivity contribution < 1.29 is 4.79 Å². The van der Waals surface area contributed by atoms with Crippen LogP contribution >= 0.6 is 11.6 Å². The van der Waals surface area contributed by atoms with Gasteiger partial charge in [0.25, 0.3) is 5.24 Å². The quantitative estimate of drug-likeness (QED) is 0.654. The van der Waals surface area contributed by atoms with Gasteiger partial charge in [0.15, 0.2) is 0 Å². The Morgan fingerprint density at radius 3 is 2.92 bits per heavy atom. The number of hydrogen-bond acceptors (Lipinski definition) is 4. The molecule has 0 spiro atoms. The van der Waals surface area contributed by atoms with Crippen molar-refractivity contribution in [3.63, 3.8) is 0 Å². The highest BCUT2D eigenvalue weighted by Gasteiger charge is 2.07. The molecule has 4 nitrogen and oxygen atoms in total. The summed E-state index contributed by atoms with van der Waals surface area (Å²) in [4.78, 5) is 14.3. The number of aromatic nitrogens is 1. The van der Waals surface area contributed by atoms with Crippen LogP contribution in [-0.2, 0) is 0 Å². The van der Waals surface area contributed by atoms with Gasteiger partial charge in [0, 0.05) is 0 Å². The van der Waals surface area contributed by atoms with Crippen molar-refractivity contribution in [3.8, 4) is 6.07 Å². The Morgan fingerprint density at radius 1 is 1.75 bits per heavy atom. The van der Waals surface area contributed by atoms with E-state index in [4.69, 9.17) is 22.6 Å². The van der Waals surface area contributed by atoms with E-state index >= 15 is 0 Å². The first-order chi connectivity index (χ1) is 5.65. The summed E-state index contributed by atoms with van der Waals surface area (Å²) in [6, 6.07) is 3.03. The first kappa shape index (κ1) is 8.50. The number of nitrogens with two attached hydrogens (primary N) is 1.